The topological polar surface area (TPSA) is 68.4 Å². The quantitative estimate of drug-likeness (QED) is 0.783. The summed E-state index contributed by atoms with van der Waals surface area (Å²) in [5.74, 6) is 0.886. The number of aliphatic hydroxyl groups is 1. The molecule has 2 aromatic rings. The Hall–Kier alpha value is -0.600. The van der Waals surface area contributed by atoms with Crippen molar-refractivity contribution in [1.29, 1.82) is 0 Å². The molecule has 5 nitrogen and oxygen atoms in total. The maximum absolute atomic E-state index is 9.74. The molecule has 2 heterocycles. The van der Waals surface area contributed by atoms with Crippen molar-refractivity contribution in [2.75, 3.05) is 12.4 Å². The van der Waals surface area contributed by atoms with Crippen LogP contribution < -0.4 is 0 Å². The summed E-state index contributed by atoms with van der Waals surface area (Å²) in [6, 6.07) is 3.62. The fourth-order valence-corrected chi connectivity index (χ4v) is 2.95. The summed E-state index contributed by atoms with van der Waals surface area (Å²) in [6.07, 6.45) is -0.456. The predicted octanol–water partition coefficient (Wildman–Crippen LogP) is 3.33. The molecule has 0 saturated heterocycles. The van der Waals surface area contributed by atoms with Crippen molar-refractivity contribution in [2.24, 2.45) is 0 Å². The molecule has 0 saturated carbocycles. The van der Waals surface area contributed by atoms with Gasteiger partial charge in [0.2, 0.25) is 0 Å². The van der Waals surface area contributed by atoms with E-state index >= 15 is 0 Å². The van der Waals surface area contributed by atoms with Crippen molar-refractivity contribution in [3.63, 3.8) is 0 Å². The Kier molecular flexibility index (Phi) is 5.86. The number of rotatable bonds is 7. The van der Waals surface area contributed by atoms with Crippen LogP contribution in [0.2, 0.25) is 4.34 Å². The van der Waals surface area contributed by atoms with E-state index in [9.17, 15) is 5.11 Å². The number of thioether (sulfide) groups is 1. The van der Waals surface area contributed by atoms with Gasteiger partial charge >= 0.3 is 0 Å². The van der Waals surface area contributed by atoms with E-state index in [4.69, 9.17) is 20.8 Å². The van der Waals surface area contributed by atoms with Crippen LogP contribution in [-0.4, -0.2) is 39.9 Å². The number of nitrogens with zero attached hydrogens (tertiary/aromatic N) is 2. The van der Waals surface area contributed by atoms with E-state index in [1.54, 1.807) is 6.07 Å². The van der Waals surface area contributed by atoms with Crippen LogP contribution in [0.3, 0.4) is 0 Å². The fourth-order valence-electron chi connectivity index (χ4n) is 1.32. The molecule has 0 spiro atoms. The molecule has 0 aliphatic carbocycles. The molecule has 2 rings (SSSR count). The molecule has 1 atom stereocenters. The summed E-state index contributed by atoms with van der Waals surface area (Å²) >= 11 is 8.54. The maximum Gasteiger partial charge on any atom is 0.276 e. The molecule has 1 N–H and O–H groups in total. The summed E-state index contributed by atoms with van der Waals surface area (Å²) in [5, 5.41) is 18.0. The Morgan fingerprint density at radius 2 is 2.25 bits per heavy atom. The Balaban J connectivity index is 1.84. The third-order valence-electron chi connectivity index (χ3n) is 2.21. The second kappa shape index (κ2) is 7.42. The molecule has 110 valence electrons. The summed E-state index contributed by atoms with van der Waals surface area (Å²) in [6.45, 7) is 4.15. The fraction of sp³-hybridized carbons (Fsp3) is 0.500. The van der Waals surface area contributed by atoms with Crippen LogP contribution in [0.25, 0.3) is 10.8 Å². The monoisotopic (exact) mass is 334 g/mol. The standard InChI is InChI=1S/C12H15ClN2O3S2/c1-7(2)17-5-8(16)6-19-12-15-14-11(18-12)9-3-4-10(13)20-9/h3-4,7-8,16H,5-6H2,1-2H3. The minimum absolute atomic E-state index is 0.105. The van der Waals surface area contributed by atoms with E-state index in [0.717, 1.165) is 4.88 Å². The van der Waals surface area contributed by atoms with Gasteiger partial charge in [0.1, 0.15) is 0 Å². The predicted molar refractivity (Wildman–Crippen MR) is 80.4 cm³/mol. The highest BCUT2D eigenvalue weighted by atomic mass is 35.5. The van der Waals surface area contributed by atoms with E-state index in [0.29, 0.717) is 27.8 Å². The molecular formula is C12H15ClN2O3S2. The Morgan fingerprint density at radius 3 is 2.90 bits per heavy atom. The van der Waals surface area contributed by atoms with Crippen molar-refractivity contribution in [3.05, 3.63) is 16.5 Å². The zero-order valence-electron chi connectivity index (χ0n) is 11.1. The van der Waals surface area contributed by atoms with Gasteiger partial charge in [0.15, 0.2) is 0 Å². The highest BCUT2D eigenvalue weighted by Crippen LogP contribution is 2.31. The molecule has 8 heteroatoms. The Morgan fingerprint density at radius 1 is 1.45 bits per heavy atom. The van der Waals surface area contributed by atoms with Gasteiger partial charge in [-0.05, 0) is 26.0 Å². The van der Waals surface area contributed by atoms with Gasteiger partial charge in [-0.1, -0.05) is 23.4 Å². The van der Waals surface area contributed by atoms with Gasteiger partial charge in [-0.3, -0.25) is 0 Å². The van der Waals surface area contributed by atoms with Crippen molar-refractivity contribution in [2.45, 2.75) is 31.3 Å². The van der Waals surface area contributed by atoms with Gasteiger partial charge in [-0.25, -0.2) is 0 Å². The van der Waals surface area contributed by atoms with E-state index < -0.39 is 6.10 Å². The third-order valence-corrected chi connectivity index (χ3v) is 4.39. The van der Waals surface area contributed by atoms with Crippen LogP contribution in [0.5, 0.6) is 0 Å². The van der Waals surface area contributed by atoms with Crippen LogP contribution in [0.4, 0.5) is 0 Å². The minimum atomic E-state index is -0.561. The van der Waals surface area contributed by atoms with E-state index in [1.807, 2.05) is 19.9 Å². The van der Waals surface area contributed by atoms with Crippen LogP contribution in [0, 0.1) is 0 Å². The van der Waals surface area contributed by atoms with E-state index in [1.165, 1.54) is 23.1 Å². The zero-order chi connectivity index (χ0) is 14.5. The lowest BCUT2D eigenvalue weighted by Crippen LogP contribution is -2.20. The first kappa shape index (κ1) is 15.8. The number of ether oxygens (including phenoxy) is 1. The van der Waals surface area contributed by atoms with Crippen molar-refractivity contribution in [3.8, 4) is 10.8 Å². The number of aliphatic hydroxyl groups excluding tert-OH is 1. The summed E-state index contributed by atoms with van der Waals surface area (Å²) in [4.78, 5) is 0.832. The molecule has 0 bridgehead atoms. The highest BCUT2D eigenvalue weighted by Gasteiger charge is 2.13. The SMILES string of the molecule is CC(C)OCC(O)CSc1nnc(-c2ccc(Cl)s2)o1. The van der Waals surface area contributed by atoms with Gasteiger partial charge in [0.25, 0.3) is 11.1 Å². The molecule has 0 radical (unpaired) electrons. The zero-order valence-corrected chi connectivity index (χ0v) is 13.5. The van der Waals surface area contributed by atoms with Gasteiger partial charge < -0.3 is 14.3 Å². The first-order chi connectivity index (χ1) is 9.54. The number of thiophene rings is 1. The van der Waals surface area contributed by atoms with E-state index in [2.05, 4.69) is 10.2 Å². The largest absolute Gasteiger partial charge is 0.410 e. The van der Waals surface area contributed by atoms with Crippen molar-refractivity contribution in [1.82, 2.24) is 10.2 Å². The second-order valence-corrected chi connectivity index (χ2v) is 7.01. The van der Waals surface area contributed by atoms with Gasteiger partial charge in [0.05, 0.1) is 28.0 Å². The van der Waals surface area contributed by atoms with E-state index in [-0.39, 0.29) is 6.10 Å². The minimum Gasteiger partial charge on any atom is -0.410 e. The molecule has 0 amide bonds. The first-order valence-corrected chi connectivity index (χ1v) is 8.24. The molecule has 0 aliphatic heterocycles. The third kappa shape index (κ3) is 4.75. The second-order valence-electron chi connectivity index (χ2n) is 4.32. The lowest BCUT2D eigenvalue weighted by atomic mass is 10.4. The average Bonchev–Trinajstić information content (AvgIpc) is 3.02. The van der Waals surface area contributed by atoms with Gasteiger partial charge in [0, 0.05) is 5.75 Å². The Labute approximate surface area is 130 Å². The van der Waals surface area contributed by atoms with Crippen LogP contribution in [0.1, 0.15) is 13.8 Å². The summed E-state index contributed by atoms with van der Waals surface area (Å²) in [5.41, 5.74) is 0. The summed E-state index contributed by atoms with van der Waals surface area (Å²) < 4.78 is 11.5. The maximum atomic E-state index is 9.74. The lowest BCUT2D eigenvalue weighted by Gasteiger charge is -2.11. The molecule has 20 heavy (non-hydrogen) atoms. The normalized spacial score (nSPS) is 13.1. The number of halogens is 1. The Bertz CT molecular complexity index is 544. The van der Waals surface area contributed by atoms with Gasteiger partial charge in [-0.2, -0.15) is 0 Å². The number of hydrogen-bond donors (Lipinski definition) is 1. The number of hydrogen-bond acceptors (Lipinski definition) is 7. The molecular weight excluding hydrogens is 320 g/mol. The molecule has 0 fully saturated rings. The molecule has 0 aromatic carbocycles. The smallest absolute Gasteiger partial charge is 0.276 e. The molecule has 2 aromatic heterocycles. The van der Waals surface area contributed by atoms with Crippen molar-refractivity contribution >= 4 is 34.7 Å². The highest BCUT2D eigenvalue weighted by molar-refractivity contribution is 7.99. The summed E-state index contributed by atoms with van der Waals surface area (Å²) in [7, 11) is 0. The molecule has 1 unspecified atom stereocenters. The first-order valence-electron chi connectivity index (χ1n) is 6.06. The lowest BCUT2D eigenvalue weighted by molar-refractivity contribution is 0.0152. The average molecular weight is 335 g/mol. The molecule has 0 aliphatic rings. The van der Waals surface area contributed by atoms with Crippen LogP contribution >= 0.6 is 34.7 Å². The van der Waals surface area contributed by atoms with Crippen molar-refractivity contribution < 1.29 is 14.3 Å². The number of aromatic nitrogens is 2. The van der Waals surface area contributed by atoms with Crippen LogP contribution in [-0.2, 0) is 4.74 Å². The van der Waals surface area contributed by atoms with Gasteiger partial charge in [-0.15, -0.1) is 21.5 Å². The van der Waals surface area contributed by atoms with Crippen LogP contribution in [0.15, 0.2) is 21.8 Å².